The standard InChI is InChI=1S/3C4H3O.CH4.Cr/c3*1-2-4-5-3-1;;/h3*1-3H;1H4;/q3*-1;;+3. The van der Waals surface area contributed by atoms with E-state index in [4.69, 9.17) is 0 Å². The van der Waals surface area contributed by atoms with E-state index in [0.717, 1.165) is 0 Å². The van der Waals surface area contributed by atoms with Gasteiger partial charge in [0.05, 0.1) is 0 Å². The van der Waals surface area contributed by atoms with Crippen molar-refractivity contribution in [3.05, 3.63) is 74.0 Å². The van der Waals surface area contributed by atoms with Crippen LogP contribution in [0.15, 0.2) is 68.4 Å². The molecule has 0 spiro atoms. The van der Waals surface area contributed by atoms with Gasteiger partial charge < -0.3 is 13.3 Å². The van der Waals surface area contributed by atoms with Crippen LogP contribution in [-0.2, 0) is 17.4 Å². The summed E-state index contributed by atoms with van der Waals surface area (Å²) in [6.45, 7) is 0. The maximum atomic E-state index is 4.46. The summed E-state index contributed by atoms with van der Waals surface area (Å²) in [6.07, 6.45) is 12.2. The van der Waals surface area contributed by atoms with Gasteiger partial charge in [-0.15, -0.1) is 18.2 Å². The number of rotatable bonds is 0. The van der Waals surface area contributed by atoms with Gasteiger partial charge in [0, 0.05) is 0 Å². The minimum atomic E-state index is 0. The predicted octanol–water partition coefficient (Wildman–Crippen LogP) is 3.87. The normalized spacial score (nSPS) is 7.06. The van der Waals surface area contributed by atoms with Crippen LogP contribution >= 0.6 is 0 Å². The average molecular weight is 269 g/mol. The molecule has 0 aliphatic heterocycles. The van der Waals surface area contributed by atoms with Crippen LogP contribution in [0.2, 0.25) is 0 Å². The molecule has 0 aliphatic carbocycles. The van der Waals surface area contributed by atoms with Crippen LogP contribution in [0.5, 0.6) is 0 Å². The molecule has 89 valence electrons. The zero-order valence-corrected chi connectivity index (χ0v) is 9.60. The van der Waals surface area contributed by atoms with Gasteiger partial charge in [0.2, 0.25) is 0 Å². The van der Waals surface area contributed by atoms with Crippen molar-refractivity contribution in [1.82, 2.24) is 0 Å². The van der Waals surface area contributed by atoms with E-state index in [0.29, 0.717) is 0 Å². The second kappa shape index (κ2) is 14.4. The van der Waals surface area contributed by atoms with Crippen LogP contribution in [0.1, 0.15) is 7.43 Å². The summed E-state index contributed by atoms with van der Waals surface area (Å²) >= 11 is 0. The van der Waals surface area contributed by atoms with Crippen LogP contribution in [0.3, 0.4) is 0 Å². The molecule has 0 bridgehead atoms. The third kappa shape index (κ3) is 12.3. The van der Waals surface area contributed by atoms with E-state index >= 15 is 0 Å². The Morgan fingerprint density at radius 1 is 0.588 bits per heavy atom. The third-order valence-corrected chi connectivity index (χ3v) is 1.14. The summed E-state index contributed by atoms with van der Waals surface area (Å²) in [7, 11) is 0. The van der Waals surface area contributed by atoms with Crippen LogP contribution in [0.25, 0.3) is 0 Å². The first-order valence-electron chi connectivity index (χ1n) is 4.19. The van der Waals surface area contributed by atoms with E-state index in [9.17, 15) is 0 Å². The van der Waals surface area contributed by atoms with Crippen molar-refractivity contribution in [1.29, 1.82) is 0 Å². The molecule has 1 radical (unpaired) electrons. The van der Waals surface area contributed by atoms with Crippen molar-refractivity contribution in [3.8, 4) is 0 Å². The van der Waals surface area contributed by atoms with Gasteiger partial charge in [-0.25, -0.2) is 0 Å². The quantitative estimate of drug-likeness (QED) is 0.581. The van der Waals surface area contributed by atoms with Gasteiger partial charge in [-0.05, 0) is 18.8 Å². The Bertz CT molecular complexity index is 249. The number of furan rings is 3. The average Bonchev–Trinajstić information content (AvgIpc) is 3.09. The first-order chi connectivity index (χ1) is 7.50. The summed E-state index contributed by atoms with van der Waals surface area (Å²) in [5.74, 6) is 0. The Balaban J connectivity index is 0. The molecule has 4 heteroatoms. The first-order valence-corrected chi connectivity index (χ1v) is 4.19. The molecule has 17 heavy (non-hydrogen) atoms. The molecule has 0 atom stereocenters. The van der Waals surface area contributed by atoms with Crippen molar-refractivity contribution in [2.24, 2.45) is 0 Å². The molecule has 0 amide bonds. The Kier molecular flexibility index (Phi) is 15.0. The molecular weight excluding hydrogens is 256 g/mol. The fourth-order valence-electron chi connectivity index (χ4n) is 0.589. The molecule has 0 saturated carbocycles. The maximum absolute atomic E-state index is 4.46. The fraction of sp³-hybridized carbons (Fsp3) is 0.0769. The van der Waals surface area contributed by atoms with Crippen molar-refractivity contribution in [2.45, 2.75) is 7.43 Å². The van der Waals surface area contributed by atoms with Crippen molar-refractivity contribution in [3.63, 3.8) is 0 Å². The van der Waals surface area contributed by atoms with Crippen molar-refractivity contribution in [2.75, 3.05) is 0 Å². The molecule has 3 aromatic heterocycles. The Labute approximate surface area is 112 Å². The van der Waals surface area contributed by atoms with Crippen LogP contribution in [0.4, 0.5) is 0 Å². The number of hydrogen-bond acceptors (Lipinski definition) is 3. The smallest absolute Gasteiger partial charge is 0.599 e. The zero-order valence-electron chi connectivity index (χ0n) is 8.33. The Morgan fingerprint density at radius 3 is 0.941 bits per heavy atom. The second-order valence-corrected chi connectivity index (χ2v) is 2.19. The molecule has 3 nitrogen and oxygen atoms in total. The molecule has 0 fully saturated rings. The molecule has 0 unspecified atom stereocenters. The minimum Gasteiger partial charge on any atom is -0.599 e. The summed E-state index contributed by atoms with van der Waals surface area (Å²) in [5, 5.41) is 0. The minimum absolute atomic E-state index is 0. The van der Waals surface area contributed by atoms with E-state index < -0.39 is 0 Å². The largest absolute Gasteiger partial charge is 3.00 e. The summed E-state index contributed by atoms with van der Waals surface area (Å²) in [5.41, 5.74) is 0. The van der Waals surface area contributed by atoms with Crippen molar-refractivity contribution < 1.29 is 30.6 Å². The monoisotopic (exact) mass is 269 g/mol. The zero-order chi connectivity index (χ0) is 10.6. The van der Waals surface area contributed by atoms with Gasteiger partial charge in [0.15, 0.2) is 0 Å². The Hall–Kier alpha value is -1.63. The summed E-state index contributed by atoms with van der Waals surface area (Å²) in [6, 6.07) is 10.5. The third-order valence-electron chi connectivity index (χ3n) is 1.14. The van der Waals surface area contributed by atoms with Gasteiger partial charge >= 0.3 is 17.4 Å². The molecule has 0 saturated heterocycles. The van der Waals surface area contributed by atoms with Crippen LogP contribution in [0, 0.1) is 18.8 Å². The predicted molar refractivity (Wildman–Crippen MR) is 59.4 cm³/mol. The van der Waals surface area contributed by atoms with Gasteiger partial charge in [-0.3, -0.25) is 0 Å². The molecule has 0 aromatic carbocycles. The topological polar surface area (TPSA) is 39.4 Å². The van der Waals surface area contributed by atoms with Gasteiger partial charge in [-0.2, -0.15) is 18.2 Å². The van der Waals surface area contributed by atoms with Gasteiger partial charge in [-0.1, -0.05) is 26.2 Å². The summed E-state index contributed by atoms with van der Waals surface area (Å²) < 4.78 is 13.4. The number of hydrogen-bond donors (Lipinski definition) is 0. The first kappa shape index (κ1) is 17.8. The molecular formula is C13H13CrO3. The molecule has 3 rings (SSSR count). The van der Waals surface area contributed by atoms with Crippen LogP contribution < -0.4 is 0 Å². The van der Waals surface area contributed by atoms with Crippen molar-refractivity contribution >= 4 is 0 Å². The molecule has 3 aromatic rings. The van der Waals surface area contributed by atoms with Crippen LogP contribution in [-0.4, -0.2) is 0 Å². The second-order valence-electron chi connectivity index (χ2n) is 2.19. The Morgan fingerprint density at radius 2 is 0.882 bits per heavy atom. The SMILES string of the molecule is C.[Cr+3].[c-]1ccco1.[c-]1ccco1.[c-]1ccco1. The fourth-order valence-corrected chi connectivity index (χ4v) is 0.589. The van der Waals surface area contributed by atoms with E-state index in [1.54, 1.807) is 55.2 Å². The summed E-state index contributed by atoms with van der Waals surface area (Å²) in [4.78, 5) is 0. The van der Waals surface area contributed by atoms with E-state index in [1.807, 2.05) is 0 Å². The van der Waals surface area contributed by atoms with Gasteiger partial charge in [0.1, 0.15) is 0 Å². The molecule has 0 aliphatic rings. The van der Waals surface area contributed by atoms with E-state index in [1.165, 1.54) is 0 Å². The maximum Gasteiger partial charge on any atom is 3.00 e. The van der Waals surface area contributed by atoms with Gasteiger partial charge in [0.25, 0.3) is 0 Å². The molecule has 0 N–H and O–H groups in total. The van der Waals surface area contributed by atoms with E-state index in [2.05, 4.69) is 32.0 Å². The van der Waals surface area contributed by atoms with E-state index in [-0.39, 0.29) is 24.8 Å². The molecule has 3 heterocycles.